The molecule has 0 bridgehead atoms. The maximum absolute atomic E-state index is 10.8. The fourth-order valence-corrected chi connectivity index (χ4v) is 3.28. The zero-order chi connectivity index (χ0) is 23.9. The minimum absolute atomic E-state index is 0. The number of methoxy groups -OCH3 is 1. The van der Waals surface area contributed by atoms with E-state index < -0.39 is 11.9 Å². The monoisotopic (exact) mass is 525 g/mol. The first-order valence-corrected chi connectivity index (χ1v) is 13.5. The minimum atomic E-state index is -0.586. The minimum Gasteiger partial charge on any atom is -0.469 e. The molecular weight excluding hydrogens is 486 g/mol. The molecule has 0 unspecified atom stereocenters. The summed E-state index contributed by atoms with van der Waals surface area (Å²) < 4.78 is 4.56. The van der Waals surface area contributed by atoms with Crippen LogP contribution in [0.15, 0.2) is 0 Å². The average molecular weight is 526 g/mol. The van der Waals surface area contributed by atoms with Gasteiger partial charge in [0.05, 0.1) is 19.1 Å². The van der Waals surface area contributed by atoms with Crippen molar-refractivity contribution in [3.05, 3.63) is 0 Å². The highest BCUT2D eigenvalue weighted by Gasteiger charge is 2.12. The van der Waals surface area contributed by atoms with Crippen LogP contribution >= 0.6 is 47.7 Å². The highest BCUT2D eigenvalue weighted by Crippen LogP contribution is 2.08. The van der Waals surface area contributed by atoms with Gasteiger partial charge in [-0.1, -0.05) is 13.8 Å². The zero-order valence-electron chi connectivity index (χ0n) is 19.2. The number of nitrogens with one attached hydrogen (secondary N) is 2. The summed E-state index contributed by atoms with van der Waals surface area (Å²) in [4.78, 5) is 32.0. The van der Waals surface area contributed by atoms with E-state index in [-0.39, 0.29) is 36.1 Å². The van der Waals surface area contributed by atoms with Gasteiger partial charge in [-0.05, 0) is 55.3 Å². The molecule has 0 saturated carbocycles. The molecule has 0 saturated heterocycles. The summed E-state index contributed by atoms with van der Waals surface area (Å²) in [5.74, 6) is 1.85. The fourth-order valence-electron chi connectivity index (χ4n) is 1.61. The van der Waals surface area contributed by atoms with Crippen LogP contribution in [-0.4, -0.2) is 77.4 Å². The first-order valence-electron chi connectivity index (χ1n) is 9.34. The summed E-state index contributed by atoms with van der Waals surface area (Å²) in [6.45, 7) is 3.68. The molecule has 0 aromatic carbocycles. The van der Waals surface area contributed by atoms with Gasteiger partial charge in [0.25, 0.3) is 5.91 Å². The molecule has 9 nitrogen and oxygen atoms in total. The zero-order valence-corrected chi connectivity index (χ0v) is 22.5. The number of thioether (sulfide) groups is 3. The number of carbonyl (C=O) groups is 3. The normalized spacial score (nSPS) is 12.3. The van der Waals surface area contributed by atoms with Crippen molar-refractivity contribution in [2.45, 2.75) is 39.2 Å². The number of amides is 2. The summed E-state index contributed by atoms with van der Waals surface area (Å²) in [6.07, 6.45) is 8.27. The van der Waals surface area contributed by atoms with E-state index in [1.807, 2.05) is 25.7 Å². The molecule has 0 heterocycles. The van der Waals surface area contributed by atoms with E-state index in [0.717, 1.165) is 30.1 Å². The van der Waals surface area contributed by atoms with Crippen molar-refractivity contribution in [3.8, 4) is 0 Å². The van der Waals surface area contributed by atoms with Gasteiger partial charge in [0.2, 0.25) is 5.91 Å². The van der Waals surface area contributed by atoms with Gasteiger partial charge >= 0.3 is 5.97 Å². The Morgan fingerprint density at radius 3 is 1.58 bits per heavy atom. The summed E-state index contributed by atoms with van der Waals surface area (Å²) in [5.41, 5.74) is 8.45. The van der Waals surface area contributed by atoms with Crippen molar-refractivity contribution in [2.24, 2.45) is 17.6 Å². The fraction of sp³-hybridized carbons (Fsp3) is 0.833. The van der Waals surface area contributed by atoms with E-state index in [0.29, 0.717) is 6.42 Å². The summed E-state index contributed by atoms with van der Waals surface area (Å²) in [6, 6.07) is -0.586. The second-order valence-corrected chi connectivity index (χ2v) is 9.19. The van der Waals surface area contributed by atoms with Gasteiger partial charge in [-0.2, -0.15) is 35.3 Å². The number of carbonyl (C=O) groups excluding carboxylic acids is 3. The molecule has 0 aliphatic carbocycles. The van der Waals surface area contributed by atoms with Crippen LogP contribution in [0.2, 0.25) is 0 Å². The number of nitrogens with two attached hydrogens (primary N) is 1. The molecule has 0 fully saturated rings. The lowest BCUT2D eigenvalue weighted by atomic mass is 10.1. The topological polar surface area (TPSA) is 151 Å². The van der Waals surface area contributed by atoms with E-state index >= 15 is 0 Å². The Morgan fingerprint density at radius 2 is 1.23 bits per heavy atom. The van der Waals surface area contributed by atoms with Gasteiger partial charge in [0, 0.05) is 5.92 Å². The predicted octanol–water partition coefficient (Wildman–Crippen LogP) is 2.42. The maximum atomic E-state index is 10.8. The number of hydrogen-bond donors (Lipinski definition) is 5. The Morgan fingerprint density at radius 1 is 0.839 bits per heavy atom. The second kappa shape index (κ2) is 27.7. The number of hydroxylamine groups is 2. The number of ether oxygens (including phenoxy) is 1. The van der Waals surface area contributed by atoms with Crippen LogP contribution in [-0.2, 0) is 19.1 Å². The first kappa shape index (κ1) is 37.9. The quantitative estimate of drug-likeness (QED) is 0.146. The van der Waals surface area contributed by atoms with Gasteiger partial charge in [0.15, 0.2) is 0 Å². The lowest BCUT2D eigenvalue weighted by Gasteiger charge is -2.06. The molecule has 0 aromatic heterocycles. The van der Waals surface area contributed by atoms with E-state index in [2.05, 4.69) is 4.74 Å². The van der Waals surface area contributed by atoms with Crippen molar-refractivity contribution in [3.63, 3.8) is 0 Å². The maximum Gasteiger partial charge on any atom is 0.308 e. The lowest BCUT2D eigenvalue weighted by molar-refractivity contribution is -0.144. The molecule has 0 aliphatic rings. The predicted molar refractivity (Wildman–Crippen MR) is 134 cm³/mol. The smallest absolute Gasteiger partial charge is 0.308 e. The molecule has 0 spiro atoms. The third kappa shape index (κ3) is 25.8. The Hall–Kier alpha value is -0.370. The van der Waals surface area contributed by atoms with Gasteiger partial charge in [-0.25, -0.2) is 11.0 Å². The van der Waals surface area contributed by atoms with Crippen LogP contribution in [0.4, 0.5) is 0 Å². The molecular formula is C18H40ClN3O6S3. The molecule has 0 aliphatic heterocycles. The number of rotatable bonds is 12. The standard InChI is InChI=1S/C7H14O2S.C6H13NO2S.C5H12N2O2S.ClH/c1-6(4-5-10-3)7(8)9-2;1-5(3-4-10-2)6(8)7-9;1-10-3-2-4(6)5(8)7-9;/h6H,4-5H2,1-3H3;5,9H,3-4H2,1-2H3,(H,7,8);4,9H,2-3,6H2,1H3,(H,7,8);1H/t6-;5-;4-;/m000./s1. The Balaban J connectivity index is -0.000000174. The largest absolute Gasteiger partial charge is 0.469 e. The van der Waals surface area contributed by atoms with Crippen LogP contribution in [0.5, 0.6) is 0 Å². The van der Waals surface area contributed by atoms with Gasteiger partial charge < -0.3 is 10.5 Å². The Bertz CT molecular complexity index is 392. The molecule has 0 aromatic rings. The summed E-state index contributed by atoms with van der Waals surface area (Å²) >= 11 is 5.06. The van der Waals surface area contributed by atoms with Crippen LogP contribution < -0.4 is 16.7 Å². The van der Waals surface area contributed by atoms with E-state index in [9.17, 15) is 14.4 Å². The Labute approximate surface area is 205 Å². The summed E-state index contributed by atoms with van der Waals surface area (Å²) in [7, 11) is 1.43. The van der Waals surface area contributed by atoms with E-state index in [1.54, 1.807) is 47.7 Å². The molecule has 2 amide bonds. The van der Waals surface area contributed by atoms with Gasteiger partial charge in [-0.3, -0.25) is 24.8 Å². The molecule has 13 heteroatoms. The van der Waals surface area contributed by atoms with Crippen LogP contribution in [0.3, 0.4) is 0 Å². The summed E-state index contributed by atoms with van der Waals surface area (Å²) in [5, 5.41) is 16.3. The van der Waals surface area contributed by atoms with Crippen molar-refractivity contribution in [2.75, 3.05) is 43.1 Å². The molecule has 6 N–H and O–H groups in total. The first-order chi connectivity index (χ1) is 14.2. The van der Waals surface area contributed by atoms with Crippen molar-refractivity contribution >= 4 is 65.5 Å². The van der Waals surface area contributed by atoms with Gasteiger partial charge in [-0.15, -0.1) is 12.4 Å². The van der Waals surface area contributed by atoms with Crippen molar-refractivity contribution < 1.29 is 29.5 Å². The average Bonchev–Trinajstić information content (AvgIpc) is 2.78. The molecule has 0 rings (SSSR count). The van der Waals surface area contributed by atoms with Crippen LogP contribution in [0.1, 0.15) is 33.1 Å². The lowest BCUT2D eigenvalue weighted by Crippen LogP contribution is -2.39. The SMILES string of the molecule is COC(=O)[C@@H](C)CCSC.CSCC[C@H](C)C(=O)NO.CSCC[C@H](N)C(=O)NO.Cl. The number of halogens is 1. The third-order valence-corrected chi connectivity index (χ3v) is 5.68. The third-order valence-electron chi connectivity index (χ3n) is 3.75. The number of esters is 1. The Kier molecular flexibility index (Phi) is 33.8. The number of hydrogen-bond acceptors (Lipinski definition) is 10. The van der Waals surface area contributed by atoms with Crippen molar-refractivity contribution in [1.29, 1.82) is 0 Å². The molecule has 188 valence electrons. The van der Waals surface area contributed by atoms with Crippen LogP contribution in [0, 0.1) is 11.8 Å². The molecule has 31 heavy (non-hydrogen) atoms. The highest BCUT2D eigenvalue weighted by molar-refractivity contribution is 7.98. The van der Waals surface area contributed by atoms with Crippen LogP contribution in [0.25, 0.3) is 0 Å². The van der Waals surface area contributed by atoms with E-state index in [1.165, 1.54) is 12.6 Å². The van der Waals surface area contributed by atoms with Gasteiger partial charge in [0.1, 0.15) is 0 Å². The van der Waals surface area contributed by atoms with Crippen molar-refractivity contribution in [1.82, 2.24) is 11.0 Å². The molecule has 3 atom stereocenters. The van der Waals surface area contributed by atoms with E-state index in [4.69, 9.17) is 16.1 Å². The highest BCUT2D eigenvalue weighted by atomic mass is 35.5. The molecule has 0 radical (unpaired) electrons. The second-order valence-electron chi connectivity index (χ2n) is 6.23.